The second kappa shape index (κ2) is 3.70. The smallest absolute Gasteiger partial charge is 0.221 e. The van der Waals surface area contributed by atoms with Crippen molar-refractivity contribution in [2.24, 2.45) is 7.05 Å². The Balaban J connectivity index is 1.80. The first kappa shape index (κ1) is 9.07. The van der Waals surface area contributed by atoms with E-state index in [0.29, 0.717) is 25.3 Å². The molecule has 2 rings (SSSR count). The van der Waals surface area contributed by atoms with E-state index < -0.39 is 0 Å². The summed E-state index contributed by atoms with van der Waals surface area (Å²) < 4.78 is 0. The zero-order valence-corrected chi connectivity index (χ0v) is 7.90. The Bertz CT molecular complexity index is 335. The summed E-state index contributed by atoms with van der Waals surface area (Å²) in [4.78, 5) is 12.3. The van der Waals surface area contributed by atoms with Crippen LogP contribution in [-0.4, -0.2) is 38.7 Å². The van der Waals surface area contributed by atoms with Gasteiger partial charge < -0.3 is 10.6 Å². The van der Waals surface area contributed by atoms with Gasteiger partial charge in [-0.1, -0.05) is 0 Å². The van der Waals surface area contributed by atoms with Crippen LogP contribution in [0.15, 0.2) is 0 Å². The van der Waals surface area contributed by atoms with E-state index in [0.717, 1.165) is 0 Å². The van der Waals surface area contributed by atoms with Gasteiger partial charge in [0.05, 0.1) is 13.6 Å². The summed E-state index contributed by atoms with van der Waals surface area (Å²) in [5.74, 6) is 0.737. The molecule has 1 amide bonds. The molecule has 1 fully saturated rings. The van der Waals surface area contributed by atoms with Gasteiger partial charge in [0.1, 0.15) is 0 Å². The summed E-state index contributed by atoms with van der Waals surface area (Å²) in [5, 5.41) is 17.5. The number of rotatable bonds is 3. The first-order valence-corrected chi connectivity index (χ1v) is 4.47. The standard InChI is InChI=1S/C7H12N6O/c1-13-11-6(10-12-13)4-8-5-2-7(14)9-3-5/h5,8H,2-4H2,1H3,(H,9,14). The molecule has 0 aromatic carbocycles. The predicted molar refractivity (Wildman–Crippen MR) is 47.1 cm³/mol. The molecule has 1 aliphatic rings. The fourth-order valence-electron chi connectivity index (χ4n) is 1.38. The third kappa shape index (κ3) is 2.05. The molecule has 1 aliphatic heterocycles. The van der Waals surface area contributed by atoms with Gasteiger partial charge in [-0.15, -0.1) is 10.2 Å². The van der Waals surface area contributed by atoms with E-state index >= 15 is 0 Å². The number of tetrazole rings is 1. The van der Waals surface area contributed by atoms with Crippen molar-refractivity contribution in [3.63, 3.8) is 0 Å². The molecule has 0 saturated carbocycles. The van der Waals surface area contributed by atoms with Crippen molar-refractivity contribution in [3.05, 3.63) is 5.82 Å². The van der Waals surface area contributed by atoms with Crippen molar-refractivity contribution in [3.8, 4) is 0 Å². The highest BCUT2D eigenvalue weighted by atomic mass is 16.1. The summed E-state index contributed by atoms with van der Waals surface area (Å²) in [6.45, 7) is 1.23. The Kier molecular flexibility index (Phi) is 2.40. The quantitative estimate of drug-likeness (QED) is 0.595. The second-order valence-electron chi connectivity index (χ2n) is 3.28. The van der Waals surface area contributed by atoms with E-state index in [-0.39, 0.29) is 11.9 Å². The molecule has 1 aromatic rings. The van der Waals surface area contributed by atoms with Crippen molar-refractivity contribution < 1.29 is 4.79 Å². The van der Waals surface area contributed by atoms with Crippen LogP contribution in [0.25, 0.3) is 0 Å². The van der Waals surface area contributed by atoms with Crippen LogP contribution in [0.1, 0.15) is 12.2 Å². The normalized spacial score (nSPS) is 21.2. The summed E-state index contributed by atoms with van der Waals surface area (Å²) >= 11 is 0. The van der Waals surface area contributed by atoms with E-state index in [9.17, 15) is 4.79 Å². The molecule has 7 nitrogen and oxygen atoms in total. The van der Waals surface area contributed by atoms with E-state index in [1.165, 1.54) is 4.80 Å². The Morgan fingerprint density at radius 1 is 1.71 bits per heavy atom. The topological polar surface area (TPSA) is 84.7 Å². The SMILES string of the molecule is Cn1nnc(CNC2CNC(=O)C2)n1. The number of aromatic nitrogens is 4. The maximum Gasteiger partial charge on any atom is 0.221 e. The average molecular weight is 196 g/mol. The van der Waals surface area contributed by atoms with Gasteiger partial charge in [0.15, 0.2) is 5.82 Å². The molecule has 1 aromatic heterocycles. The number of nitrogens with zero attached hydrogens (tertiary/aromatic N) is 4. The van der Waals surface area contributed by atoms with E-state index in [4.69, 9.17) is 0 Å². The number of hydrogen-bond donors (Lipinski definition) is 2. The molecule has 2 N–H and O–H groups in total. The van der Waals surface area contributed by atoms with Crippen LogP contribution in [0, 0.1) is 0 Å². The first-order valence-electron chi connectivity index (χ1n) is 4.47. The molecule has 14 heavy (non-hydrogen) atoms. The van der Waals surface area contributed by atoms with Crippen LogP contribution in [0.4, 0.5) is 0 Å². The molecule has 1 atom stereocenters. The van der Waals surface area contributed by atoms with Crippen molar-refractivity contribution in [1.82, 2.24) is 30.8 Å². The number of carbonyl (C=O) groups excluding carboxylic acids is 1. The minimum absolute atomic E-state index is 0.0922. The summed E-state index contributed by atoms with van der Waals surface area (Å²) in [7, 11) is 1.72. The van der Waals surface area contributed by atoms with Gasteiger partial charge >= 0.3 is 0 Å². The van der Waals surface area contributed by atoms with Crippen molar-refractivity contribution in [1.29, 1.82) is 0 Å². The lowest BCUT2D eigenvalue weighted by atomic mass is 10.2. The number of carbonyl (C=O) groups is 1. The lowest BCUT2D eigenvalue weighted by Crippen LogP contribution is -2.30. The molecule has 0 aliphatic carbocycles. The van der Waals surface area contributed by atoms with Gasteiger partial charge in [-0.2, -0.15) is 4.80 Å². The Morgan fingerprint density at radius 2 is 2.57 bits per heavy atom. The molecular weight excluding hydrogens is 184 g/mol. The Morgan fingerprint density at radius 3 is 3.14 bits per heavy atom. The molecule has 1 unspecified atom stereocenters. The highest BCUT2D eigenvalue weighted by Gasteiger charge is 2.20. The molecule has 2 heterocycles. The lowest BCUT2D eigenvalue weighted by molar-refractivity contribution is -0.119. The number of aryl methyl sites for hydroxylation is 1. The summed E-state index contributed by atoms with van der Waals surface area (Å²) in [6.07, 6.45) is 0.528. The zero-order chi connectivity index (χ0) is 9.97. The van der Waals surface area contributed by atoms with Crippen LogP contribution in [-0.2, 0) is 18.4 Å². The summed E-state index contributed by atoms with van der Waals surface area (Å²) in [6, 6.07) is 0.186. The van der Waals surface area contributed by atoms with Gasteiger partial charge in [-0.05, 0) is 5.21 Å². The Labute approximate surface area is 80.9 Å². The van der Waals surface area contributed by atoms with Crippen LogP contribution in [0.2, 0.25) is 0 Å². The van der Waals surface area contributed by atoms with Crippen LogP contribution in [0.5, 0.6) is 0 Å². The van der Waals surface area contributed by atoms with Gasteiger partial charge in [-0.25, -0.2) is 0 Å². The molecule has 76 valence electrons. The fraction of sp³-hybridized carbons (Fsp3) is 0.714. The molecule has 0 radical (unpaired) electrons. The fourth-order valence-corrected chi connectivity index (χ4v) is 1.38. The Hall–Kier alpha value is -1.50. The molecule has 0 spiro atoms. The van der Waals surface area contributed by atoms with Crippen molar-refractivity contribution >= 4 is 5.91 Å². The predicted octanol–water partition coefficient (Wildman–Crippen LogP) is -1.81. The lowest BCUT2D eigenvalue weighted by Gasteiger charge is -2.06. The van der Waals surface area contributed by atoms with Crippen molar-refractivity contribution in [2.75, 3.05) is 6.54 Å². The van der Waals surface area contributed by atoms with Crippen molar-refractivity contribution in [2.45, 2.75) is 19.0 Å². The molecular formula is C7H12N6O. The largest absolute Gasteiger partial charge is 0.354 e. The van der Waals surface area contributed by atoms with Gasteiger partial charge in [-0.3, -0.25) is 4.79 Å². The first-order chi connectivity index (χ1) is 6.74. The number of nitrogens with one attached hydrogen (secondary N) is 2. The van der Waals surface area contributed by atoms with E-state index in [1.54, 1.807) is 7.05 Å². The minimum Gasteiger partial charge on any atom is -0.354 e. The summed E-state index contributed by atoms with van der Waals surface area (Å²) in [5.41, 5.74) is 0. The van der Waals surface area contributed by atoms with Crippen LogP contribution >= 0.6 is 0 Å². The highest BCUT2D eigenvalue weighted by molar-refractivity contribution is 5.78. The number of hydrogen-bond acceptors (Lipinski definition) is 5. The van der Waals surface area contributed by atoms with Gasteiger partial charge in [0, 0.05) is 19.0 Å². The monoisotopic (exact) mass is 196 g/mol. The highest BCUT2D eigenvalue weighted by Crippen LogP contribution is 1.99. The zero-order valence-electron chi connectivity index (χ0n) is 7.90. The van der Waals surface area contributed by atoms with Crippen LogP contribution < -0.4 is 10.6 Å². The number of amides is 1. The molecule has 1 saturated heterocycles. The van der Waals surface area contributed by atoms with Crippen LogP contribution in [0.3, 0.4) is 0 Å². The second-order valence-corrected chi connectivity index (χ2v) is 3.28. The van der Waals surface area contributed by atoms with E-state index in [2.05, 4.69) is 26.0 Å². The minimum atomic E-state index is 0.0922. The maximum absolute atomic E-state index is 10.9. The maximum atomic E-state index is 10.9. The average Bonchev–Trinajstić information content (AvgIpc) is 2.72. The van der Waals surface area contributed by atoms with E-state index in [1.807, 2.05) is 0 Å². The van der Waals surface area contributed by atoms with Gasteiger partial charge in [0.25, 0.3) is 0 Å². The molecule has 0 bridgehead atoms. The van der Waals surface area contributed by atoms with Gasteiger partial charge in [0.2, 0.25) is 5.91 Å². The third-order valence-corrected chi connectivity index (χ3v) is 2.08. The molecule has 7 heteroatoms. The third-order valence-electron chi connectivity index (χ3n) is 2.08.